The number of aldehydes is 1. The van der Waals surface area contributed by atoms with Crippen molar-refractivity contribution in [3.63, 3.8) is 0 Å². The Hall–Kier alpha value is -0.700. The monoisotopic (exact) mass is 143 g/mol. The highest BCUT2D eigenvalue weighted by atomic mass is 16.1. The fraction of sp³-hybridized carbons (Fsp3) is 0.714. The van der Waals surface area contributed by atoms with Crippen molar-refractivity contribution in [3.05, 3.63) is 0 Å². The number of unbranched alkanes of at least 4 members (excludes halogenated alkanes) is 1. The van der Waals surface area contributed by atoms with Gasteiger partial charge in [0, 0.05) is 6.42 Å². The number of hydrogen-bond acceptors (Lipinski definition) is 3. The standard InChI is InChI=1S/C7H13NO2/c8-5-2-1-3-7(10)4-6-9/h6H,1-5,8H2. The van der Waals surface area contributed by atoms with Crippen LogP contribution >= 0.6 is 0 Å². The van der Waals surface area contributed by atoms with Crippen LogP contribution in [0.15, 0.2) is 0 Å². The van der Waals surface area contributed by atoms with Gasteiger partial charge in [-0.2, -0.15) is 0 Å². The molecular formula is C7H13NO2. The van der Waals surface area contributed by atoms with E-state index in [2.05, 4.69) is 0 Å². The van der Waals surface area contributed by atoms with Crippen LogP contribution in [-0.4, -0.2) is 18.6 Å². The highest BCUT2D eigenvalue weighted by molar-refractivity contribution is 5.89. The molecule has 0 rings (SSSR count). The predicted molar refractivity (Wildman–Crippen MR) is 38.6 cm³/mol. The van der Waals surface area contributed by atoms with Gasteiger partial charge >= 0.3 is 0 Å². The molecule has 0 aliphatic carbocycles. The first-order chi connectivity index (χ1) is 4.81. The van der Waals surface area contributed by atoms with Gasteiger partial charge in [-0.25, -0.2) is 0 Å². The summed E-state index contributed by atoms with van der Waals surface area (Å²) in [6.07, 6.45) is 2.87. The van der Waals surface area contributed by atoms with E-state index in [1.807, 2.05) is 0 Å². The fourth-order valence-corrected chi connectivity index (χ4v) is 0.662. The Morgan fingerprint density at radius 2 is 2.10 bits per heavy atom. The molecule has 0 amide bonds. The average molecular weight is 143 g/mol. The number of nitrogens with two attached hydrogens (primary N) is 1. The number of Topliss-reactive ketones (excluding diaryl/α,β-unsaturated/α-hetero) is 1. The Morgan fingerprint density at radius 1 is 1.40 bits per heavy atom. The average Bonchev–Trinajstić information content (AvgIpc) is 1.89. The molecule has 0 radical (unpaired) electrons. The van der Waals surface area contributed by atoms with Gasteiger partial charge < -0.3 is 10.5 Å². The van der Waals surface area contributed by atoms with E-state index in [4.69, 9.17) is 5.73 Å². The summed E-state index contributed by atoms with van der Waals surface area (Å²) in [7, 11) is 0. The van der Waals surface area contributed by atoms with Crippen molar-refractivity contribution in [1.82, 2.24) is 0 Å². The second-order valence-corrected chi connectivity index (χ2v) is 2.16. The summed E-state index contributed by atoms with van der Waals surface area (Å²) < 4.78 is 0. The summed E-state index contributed by atoms with van der Waals surface area (Å²) in [5, 5.41) is 0. The van der Waals surface area contributed by atoms with Crippen LogP contribution in [0.5, 0.6) is 0 Å². The molecule has 3 heteroatoms. The molecule has 0 aromatic carbocycles. The van der Waals surface area contributed by atoms with Crippen molar-refractivity contribution in [1.29, 1.82) is 0 Å². The maximum atomic E-state index is 10.6. The predicted octanol–water partition coefficient (Wildman–Crippen LogP) is 0.273. The van der Waals surface area contributed by atoms with E-state index in [0.29, 0.717) is 19.3 Å². The number of ketones is 1. The van der Waals surface area contributed by atoms with Gasteiger partial charge in [-0.15, -0.1) is 0 Å². The minimum Gasteiger partial charge on any atom is -0.330 e. The molecule has 3 nitrogen and oxygen atoms in total. The quantitative estimate of drug-likeness (QED) is 0.330. The molecule has 0 aromatic rings. The molecule has 0 saturated heterocycles. The van der Waals surface area contributed by atoms with E-state index >= 15 is 0 Å². The van der Waals surface area contributed by atoms with Crippen LogP contribution < -0.4 is 5.73 Å². The summed E-state index contributed by atoms with van der Waals surface area (Å²) in [5.41, 5.74) is 5.21. The molecule has 0 heterocycles. The molecule has 0 saturated carbocycles. The summed E-state index contributed by atoms with van der Waals surface area (Å²) in [6.45, 7) is 0.619. The maximum absolute atomic E-state index is 10.6. The highest BCUT2D eigenvalue weighted by Crippen LogP contribution is 1.96. The van der Waals surface area contributed by atoms with Crippen LogP contribution in [0.1, 0.15) is 25.7 Å². The molecule has 0 spiro atoms. The zero-order valence-electron chi connectivity index (χ0n) is 6.01. The second kappa shape index (κ2) is 6.42. The molecule has 0 atom stereocenters. The van der Waals surface area contributed by atoms with Crippen molar-refractivity contribution in [3.8, 4) is 0 Å². The topological polar surface area (TPSA) is 60.2 Å². The first kappa shape index (κ1) is 9.30. The number of rotatable bonds is 6. The lowest BCUT2D eigenvalue weighted by atomic mass is 10.1. The first-order valence-corrected chi connectivity index (χ1v) is 3.46. The molecule has 58 valence electrons. The lowest BCUT2D eigenvalue weighted by Crippen LogP contribution is -2.02. The molecule has 0 unspecified atom stereocenters. The van der Waals surface area contributed by atoms with Crippen molar-refractivity contribution in [2.45, 2.75) is 25.7 Å². The van der Waals surface area contributed by atoms with E-state index in [0.717, 1.165) is 12.8 Å². The first-order valence-electron chi connectivity index (χ1n) is 3.46. The maximum Gasteiger partial charge on any atom is 0.139 e. The molecule has 0 aromatic heterocycles. The van der Waals surface area contributed by atoms with Gasteiger partial charge in [-0.1, -0.05) is 0 Å². The van der Waals surface area contributed by atoms with Crippen LogP contribution in [-0.2, 0) is 9.59 Å². The van der Waals surface area contributed by atoms with Crippen molar-refractivity contribution in [2.75, 3.05) is 6.54 Å². The minimum atomic E-state index is 0.0171. The zero-order valence-corrected chi connectivity index (χ0v) is 6.01. The fourth-order valence-electron chi connectivity index (χ4n) is 0.662. The van der Waals surface area contributed by atoms with Gasteiger partial charge in [0.15, 0.2) is 0 Å². The van der Waals surface area contributed by atoms with Gasteiger partial charge in [0.25, 0.3) is 0 Å². The number of carbonyl (C=O) groups excluding carboxylic acids is 2. The summed E-state index contributed by atoms with van der Waals surface area (Å²) >= 11 is 0. The van der Waals surface area contributed by atoms with E-state index in [9.17, 15) is 9.59 Å². The van der Waals surface area contributed by atoms with Gasteiger partial charge in [0.1, 0.15) is 12.1 Å². The van der Waals surface area contributed by atoms with Gasteiger partial charge in [-0.05, 0) is 19.4 Å². The van der Waals surface area contributed by atoms with E-state index in [1.165, 1.54) is 0 Å². The highest BCUT2D eigenvalue weighted by Gasteiger charge is 1.98. The third-order valence-corrected chi connectivity index (χ3v) is 1.22. The van der Waals surface area contributed by atoms with Crippen molar-refractivity contribution in [2.24, 2.45) is 5.73 Å². The second-order valence-electron chi connectivity index (χ2n) is 2.16. The summed E-state index contributed by atoms with van der Waals surface area (Å²) in [6, 6.07) is 0. The van der Waals surface area contributed by atoms with Gasteiger partial charge in [0.2, 0.25) is 0 Å². The summed E-state index contributed by atoms with van der Waals surface area (Å²) in [4.78, 5) is 20.4. The van der Waals surface area contributed by atoms with Crippen molar-refractivity contribution >= 4 is 12.1 Å². The van der Waals surface area contributed by atoms with E-state index in [1.54, 1.807) is 0 Å². The van der Waals surface area contributed by atoms with Crippen LogP contribution in [0, 0.1) is 0 Å². The minimum absolute atomic E-state index is 0.0171. The lowest BCUT2D eigenvalue weighted by molar-refractivity contribution is -0.122. The third kappa shape index (κ3) is 5.44. The third-order valence-electron chi connectivity index (χ3n) is 1.22. The number of hydrogen-bond donors (Lipinski definition) is 1. The van der Waals surface area contributed by atoms with Gasteiger partial charge in [-0.3, -0.25) is 4.79 Å². The molecular weight excluding hydrogens is 130 g/mol. The van der Waals surface area contributed by atoms with Crippen molar-refractivity contribution < 1.29 is 9.59 Å². The molecule has 0 aliphatic heterocycles. The molecule has 0 fully saturated rings. The van der Waals surface area contributed by atoms with Crippen LogP contribution in [0.3, 0.4) is 0 Å². The van der Waals surface area contributed by atoms with Gasteiger partial charge in [0.05, 0.1) is 6.42 Å². The van der Waals surface area contributed by atoms with Crippen LogP contribution in [0.4, 0.5) is 0 Å². The Morgan fingerprint density at radius 3 is 2.60 bits per heavy atom. The Bertz CT molecular complexity index is 112. The normalized spacial score (nSPS) is 9.30. The molecule has 0 aliphatic rings. The van der Waals surface area contributed by atoms with E-state index < -0.39 is 0 Å². The largest absolute Gasteiger partial charge is 0.330 e. The Kier molecular flexibility index (Phi) is 5.97. The van der Waals surface area contributed by atoms with E-state index in [-0.39, 0.29) is 12.2 Å². The Balaban J connectivity index is 3.13. The zero-order chi connectivity index (χ0) is 7.82. The summed E-state index contributed by atoms with van der Waals surface area (Å²) in [5.74, 6) is 0.0171. The smallest absolute Gasteiger partial charge is 0.139 e. The molecule has 0 bridgehead atoms. The number of carbonyl (C=O) groups is 2. The van der Waals surface area contributed by atoms with Crippen LogP contribution in [0.25, 0.3) is 0 Å². The SMILES string of the molecule is NCCCCC(=O)CC=O. The molecule has 2 N–H and O–H groups in total. The molecule has 10 heavy (non-hydrogen) atoms. The van der Waals surface area contributed by atoms with Crippen LogP contribution in [0.2, 0.25) is 0 Å². The Labute approximate surface area is 60.6 Å². The lowest BCUT2D eigenvalue weighted by Gasteiger charge is -1.93.